The average Bonchev–Trinajstić information content (AvgIpc) is 3.18. The van der Waals surface area contributed by atoms with E-state index in [2.05, 4.69) is 35.9 Å². The van der Waals surface area contributed by atoms with Crippen LogP contribution in [0.25, 0.3) is 10.9 Å². The minimum absolute atomic E-state index is 0.161. The lowest BCUT2D eigenvalue weighted by Crippen LogP contribution is -2.29. The van der Waals surface area contributed by atoms with Crippen LogP contribution in [0.15, 0.2) is 46.9 Å². The van der Waals surface area contributed by atoms with Crippen LogP contribution < -0.4 is 15.0 Å². The first-order valence-corrected chi connectivity index (χ1v) is 11.4. The van der Waals surface area contributed by atoms with Crippen molar-refractivity contribution in [1.82, 2.24) is 14.9 Å². The molecule has 1 unspecified atom stereocenters. The predicted octanol–water partition coefficient (Wildman–Crippen LogP) is 5.09. The van der Waals surface area contributed by atoms with Crippen LogP contribution in [0.3, 0.4) is 0 Å². The lowest BCUT2D eigenvalue weighted by Gasteiger charge is -2.19. The highest BCUT2D eigenvalue weighted by Gasteiger charge is 2.32. The van der Waals surface area contributed by atoms with Crippen LogP contribution in [-0.2, 0) is 6.42 Å². The highest BCUT2D eigenvalue weighted by atomic mass is 79.9. The fraction of sp³-hybridized carbons (Fsp3) is 0.391. The van der Waals surface area contributed by atoms with Gasteiger partial charge in [-0.15, -0.1) is 13.2 Å². The molecule has 1 aliphatic heterocycles. The number of halogens is 4. The highest BCUT2D eigenvalue weighted by molar-refractivity contribution is 9.10. The molecule has 0 saturated carbocycles. The third-order valence-electron chi connectivity index (χ3n) is 5.56. The lowest BCUT2D eigenvalue weighted by atomic mass is 10.1. The summed E-state index contributed by atoms with van der Waals surface area (Å²) in [6.07, 6.45) is -3.36. The number of fused-ring (bicyclic) bond motifs is 1. The monoisotopic (exact) mass is 523 g/mol. The number of nitrogens with one attached hydrogen (secondary N) is 1. The molecule has 1 aliphatic rings. The first-order chi connectivity index (χ1) is 15.7. The van der Waals surface area contributed by atoms with Gasteiger partial charge in [0.15, 0.2) is 0 Å². The Labute approximate surface area is 198 Å². The second-order valence-electron chi connectivity index (χ2n) is 8.26. The number of ether oxygens (including phenoxy) is 1. The second kappa shape index (κ2) is 9.72. The van der Waals surface area contributed by atoms with Gasteiger partial charge in [0.05, 0.1) is 5.52 Å². The summed E-state index contributed by atoms with van der Waals surface area (Å²) < 4.78 is 43.0. The topological polar surface area (TPSA) is 53.5 Å². The molecule has 176 valence electrons. The maximum absolute atomic E-state index is 12.8. The highest BCUT2D eigenvalue weighted by Crippen LogP contribution is 2.30. The molecular formula is C23H25BrF3N5O. The Balaban J connectivity index is 1.39. The molecule has 1 N–H and O–H groups in total. The zero-order chi connectivity index (χ0) is 23.6. The normalized spacial score (nSPS) is 16.8. The molecule has 4 rings (SSSR count). The average molecular weight is 524 g/mol. The van der Waals surface area contributed by atoms with Crippen LogP contribution in [0.1, 0.15) is 12.0 Å². The van der Waals surface area contributed by atoms with E-state index in [9.17, 15) is 13.2 Å². The summed E-state index contributed by atoms with van der Waals surface area (Å²) in [4.78, 5) is 13.5. The van der Waals surface area contributed by atoms with Crippen LogP contribution in [0.2, 0.25) is 0 Å². The summed E-state index contributed by atoms with van der Waals surface area (Å²) >= 11 is 3.21. The van der Waals surface area contributed by atoms with Gasteiger partial charge in [-0.1, -0.05) is 34.1 Å². The number of likely N-dealkylation sites (tertiary alicyclic amines) is 1. The Hall–Kier alpha value is -2.59. The van der Waals surface area contributed by atoms with Gasteiger partial charge in [-0.2, -0.15) is 4.98 Å². The van der Waals surface area contributed by atoms with Crippen molar-refractivity contribution in [2.75, 3.05) is 43.9 Å². The molecule has 6 nitrogen and oxygen atoms in total. The summed E-state index contributed by atoms with van der Waals surface area (Å²) in [6, 6.07) is 12.8. The summed E-state index contributed by atoms with van der Waals surface area (Å²) in [7, 11) is 3.91. The number of alkyl halides is 3. The maximum atomic E-state index is 12.8. The Bertz CT molecular complexity index is 1120. The molecule has 1 atom stereocenters. The van der Waals surface area contributed by atoms with Crippen LogP contribution in [0.5, 0.6) is 5.75 Å². The van der Waals surface area contributed by atoms with Gasteiger partial charge in [0.1, 0.15) is 11.6 Å². The third kappa shape index (κ3) is 6.05. The first-order valence-electron chi connectivity index (χ1n) is 10.6. The molecule has 33 heavy (non-hydrogen) atoms. The van der Waals surface area contributed by atoms with E-state index in [1.165, 1.54) is 6.07 Å². The maximum Gasteiger partial charge on any atom is 0.573 e. The van der Waals surface area contributed by atoms with Gasteiger partial charge in [-0.05, 0) is 42.7 Å². The van der Waals surface area contributed by atoms with Gasteiger partial charge in [-0.3, -0.25) is 0 Å². The molecule has 0 aliphatic carbocycles. The standard InChI is InChI=1S/C23H25BrF3N5O/c1-31(2)21-18-5-3-4-6-19(18)29-22(30-21)28-17-10-12-32(14-17)11-9-15-7-8-16(24)13-20(15)33-23(25,26)27/h3-8,13,17H,9-12,14H2,1-2H3,(H,28,29,30). The molecule has 10 heteroatoms. The molecular weight excluding hydrogens is 499 g/mol. The molecule has 0 radical (unpaired) electrons. The van der Waals surface area contributed by atoms with Crippen molar-refractivity contribution in [2.24, 2.45) is 0 Å². The summed E-state index contributed by atoms with van der Waals surface area (Å²) in [5.74, 6) is 1.27. The minimum Gasteiger partial charge on any atom is -0.405 e. The predicted molar refractivity (Wildman–Crippen MR) is 127 cm³/mol. The Morgan fingerprint density at radius 3 is 2.73 bits per heavy atom. The summed E-state index contributed by atoms with van der Waals surface area (Å²) in [6.45, 7) is 2.24. The van der Waals surface area contributed by atoms with Gasteiger partial charge in [-0.25, -0.2) is 4.98 Å². The Morgan fingerprint density at radius 1 is 1.18 bits per heavy atom. The largest absolute Gasteiger partial charge is 0.573 e. The fourth-order valence-electron chi connectivity index (χ4n) is 4.03. The Morgan fingerprint density at radius 2 is 1.97 bits per heavy atom. The first kappa shape index (κ1) is 23.6. The van der Waals surface area contributed by atoms with E-state index in [0.717, 1.165) is 36.2 Å². The van der Waals surface area contributed by atoms with E-state index in [-0.39, 0.29) is 11.8 Å². The summed E-state index contributed by atoms with van der Waals surface area (Å²) in [5, 5.41) is 4.43. The number of nitrogens with zero attached hydrogens (tertiary/aromatic N) is 4. The number of benzene rings is 2. The number of aromatic nitrogens is 2. The van der Waals surface area contributed by atoms with E-state index in [1.807, 2.05) is 43.3 Å². The van der Waals surface area contributed by atoms with E-state index >= 15 is 0 Å². The SMILES string of the molecule is CN(C)c1nc(NC2CCN(CCc3ccc(Br)cc3OC(F)(F)F)C2)nc2ccccc12. The molecule has 1 fully saturated rings. The third-order valence-corrected chi connectivity index (χ3v) is 6.06. The molecule has 0 bridgehead atoms. The van der Waals surface area contributed by atoms with Gasteiger partial charge in [0.25, 0.3) is 0 Å². The molecule has 3 aromatic rings. The van der Waals surface area contributed by atoms with Gasteiger partial charge >= 0.3 is 6.36 Å². The number of para-hydroxylation sites is 1. The van der Waals surface area contributed by atoms with E-state index in [1.54, 1.807) is 12.1 Å². The molecule has 1 saturated heterocycles. The van der Waals surface area contributed by atoms with Crippen molar-refractivity contribution in [3.05, 3.63) is 52.5 Å². The fourth-order valence-corrected chi connectivity index (χ4v) is 4.37. The van der Waals surface area contributed by atoms with Crippen molar-refractivity contribution < 1.29 is 17.9 Å². The van der Waals surface area contributed by atoms with Crippen LogP contribution in [0, 0.1) is 0 Å². The quantitative estimate of drug-likeness (QED) is 0.465. The zero-order valence-corrected chi connectivity index (χ0v) is 19.9. The van der Waals surface area contributed by atoms with Crippen LogP contribution in [-0.4, -0.2) is 61.0 Å². The molecule has 2 heterocycles. The molecule has 1 aromatic heterocycles. The van der Waals surface area contributed by atoms with Gasteiger partial charge < -0.3 is 19.9 Å². The number of rotatable bonds is 7. The van der Waals surface area contributed by atoms with E-state index in [4.69, 9.17) is 4.98 Å². The Kier molecular flexibility index (Phi) is 6.94. The van der Waals surface area contributed by atoms with Crippen molar-refractivity contribution in [2.45, 2.75) is 25.2 Å². The number of hydrogen-bond acceptors (Lipinski definition) is 6. The lowest BCUT2D eigenvalue weighted by molar-refractivity contribution is -0.274. The van der Waals surface area contributed by atoms with Crippen LogP contribution in [0.4, 0.5) is 24.9 Å². The summed E-state index contributed by atoms with van der Waals surface area (Å²) in [5.41, 5.74) is 1.40. The van der Waals surface area contributed by atoms with Crippen molar-refractivity contribution in [3.63, 3.8) is 0 Å². The minimum atomic E-state index is -4.72. The van der Waals surface area contributed by atoms with Gasteiger partial charge in [0, 0.05) is 49.6 Å². The molecule has 0 spiro atoms. The number of hydrogen-bond donors (Lipinski definition) is 1. The smallest absolute Gasteiger partial charge is 0.405 e. The number of anilines is 2. The van der Waals surface area contributed by atoms with Crippen molar-refractivity contribution in [1.29, 1.82) is 0 Å². The van der Waals surface area contributed by atoms with E-state index < -0.39 is 6.36 Å². The van der Waals surface area contributed by atoms with Crippen molar-refractivity contribution in [3.8, 4) is 5.75 Å². The zero-order valence-electron chi connectivity index (χ0n) is 18.4. The van der Waals surface area contributed by atoms with E-state index in [0.29, 0.717) is 29.0 Å². The molecule has 0 amide bonds. The van der Waals surface area contributed by atoms with Crippen molar-refractivity contribution >= 4 is 38.6 Å². The van der Waals surface area contributed by atoms with Crippen LogP contribution >= 0.6 is 15.9 Å². The van der Waals surface area contributed by atoms with Gasteiger partial charge in [0.2, 0.25) is 5.95 Å². The molecule has 2 aromatic carbocycles. The second-order valence-corrected chi connectivity index (χ2v) is 9.18.